The zero-order valence-corrected chi connectivity index (χ0v) is 7.94. The maximum atomic E-state index is 10.6. The Morgan fingerprint density at radius 2 is 2.54 bits per heavy atom. The monoisotopic (exact) mass is 201 g/mol. The largest absolute Gasteiger partial charge is 0.480 e. The Hall–Kier alpha value is -1.14. The van der Waals surface area contributed by atoms with E-state index in [2.05, 4.69) is 15.3 Å². The summed E-state index contributed by atoms with van der Waals surface area (Å²) in [7, 11) is 1.61. The predicted molar refractivity (Wildman–Crippen MR) is 50.2 cm³/mol. The fraction of sp³-hybridized carbons (Fsp3) is 0.429. The maximum absolute atomic E-state index is 10.6. The van der Waals surface area contributed by atoms with Gasteiger partial charge in [-0.25, -0.2) is 0 Å². The number of H-pyrrole nitrogens is 2. The summed E-state index contributed by atoms with van der Waals surface area (Å²) in [4.78, 5) is 16.3. The topological polar surface area (TPSA) is 80.9 Å². The van der Waals surface area contributed by atoms with Crippen molar-refractivity contribution in [3.63, 3.8) is 0 Å². The van der Waals surface area contributed by atoms with Crippen molar-refractivity contribution in [2.75, 3.05) is 7.05 Å². The highest BCUT2D eigenvalue weighted by molar-refractivity contribution is 7.71. The summed E-state index contributed by atoms with van der Waals surface area (Å²) in [6, 6.07) is -0.582. The minimum absolute atomic E-state index is 0.388. The van der Waals surface area contributed by atoms with Crippen LogP contribution in [0.1, 0.15) is 5.69 Å². The number of nitrogens with one attached hydrogen (secondary N) is 3. The molecule has 0 spiro atoms. The van der Waals surface area contributed by atoms with E-state index in [0.29, 0.717) is 11.2 Å². The first-order chi connectivity index (χ1) is 6.13. The molecule has 0 aliphatic rings. The molecule has 0 unspecified atom stereocenters. The Labute approximate surface area is 80.2 Å². The summed E-state index contributed by atoms with van der Waals surface area (Å²) in [6.07, 6.45) is 2.06. The average Bonchev–Trinajstić information content (AvgIpc) is 2.46. The molecule has 1 heterocycles. The molecule has 5 nitrogen and oxygen atoms in total. The van der Waals surface area contributed by atoms with Crippen LogP contribution in [-0.2, 0) is 11.2 Å². The van der Waals surface area contributed by atoms with E-state index in [1.807, 2.05) is 0 Å². The minimum Gasteiger partial charge on any atom is -0.480 e. The summed E-state index contributed by atoms with van der Waals surface area (Å²) in [5, 5.41) is 11.4. The molecule has 0 bridgehead atoms. The zero-order valence-electron chi connectivity index (χ0n) is 7.13. The van der Waals surface area contributed by atoms with Crippen molar-refractivity contribution >= 4 is 18.2 Å². The fourth-order valence-corrected chi connectivity index (χ4v) is 1.20. The molecular weight excluding hydrogens is 190 g/mol. The van der Waals surface area contributed by atoms with Gasteiger partial charge < -0.3 is 20.4 Å². The molecule has 72 valence electrons. The van der Waals surface area contributed by atoms with E-state index in [0.717, 1.165) is 5.69 Å². The van der Waals surface area contributed by atoms with Crippen LogP contribution in [0.3, 0.4) is 0 Å². The van der Waals surface area contributed by atoms with E-state index < -0.39 is 12.0 Å². The molecule has 1 rings (SSSR count). The number of aromatic nitrogens is 2. The summed E-state index contributed by atoms with van der Waals surface area (Å²) in [6.45, 7) is 0. The number of imidazole rings is 1. The number of hydrogen-bond donors (Lipinski definition) is 4. The first-order valence-electron chi connectivity index (χ1n) is 3.80. The van der Waals surface area contributed by atoms with E-state index in [-0.39, 0.29) is 0 Å². The summed E-state index contributed by atoms with van der Waals surface area (Å²) < 4.78 is 0.509. The van der Waals surface area contributed by atoms with Crippen LogP contribution in [-0.4, -0.2) is 34.1 Å². The molecule has 0 saturated carbocycles. The molecule has 0 aromatic carbocycles. The Kier molecular flexibility index (Phi) is 3.21. The van der Waals surface area contributed by atoms with Gasteiger partial charge in [-0.3, -0.25) is 4.79 Å². The fourth-order valence-electron chi connectivity index (χ4n) is 1.01. The van der Waals surface area contributed by atoms with Crippen molar-refractivity contribution in [2.24, 2.45) is 0 Å². The molecule has 0 aliphatic heterocycles. The number of aliphatic carboxylic acids is 1. The van der Waals surface area contributed by atoms with E-state index >= 15 is 0 Å². The molecule has 0 amide bonds. The van der Waals surface area contributed by atoms with Crippen molar-refractivity contribution in [3.05, 3.63) is 16.7 Å². The van der Waals surface area contributed by atoms with Crippen molar-refractivity contribution in [3.8, 4) is 0 Å². The molecule has 6 heteroatoms. The van der Waals surface area contributed by atoms with Crippen molar-refractivity contribution in [2.45, 2.75) is 12.5 Å². The Morgan fingerprint density at radius 1 is 1.85 bits per heavy atom. The third kappa shape index (κ3) is 2.67. The van der Waals surface area contributed by atoms with Crippen molar-refractivity contribution in [1.29, 1.82) is 0 Å². The summed E-state index contributed by atoms with van der Waals surface area (Å²) in [5.41, 5.74) is 0.784. The molecule has 1 aromatic heterocycles. The SMILES string of the molecule is CN[C@H](Cc1c[nH]c(=S)[nH]1)C(=O)O. The van der Waals surface area contributed by atoms with Crippen LogP contribution in [0.2, 0.25) is 0 Å². The molecule has 0 aliphatic carbocycles. The van der Waals surface area contributed by atoms with E-state index in [9.17, 15) is 4.79 Å². The van der Waals surface area contributed by atoms with Gasteiger partial charge in [0.05, 0.1) is 0 Å². The lowest BCUT2D eigenvalue weighted by atomic mass is 10.2. The highest BCUT2D eigenvalue weighted by Crippen LogP contribution is 1.98. The molecule has 4 N–H and O–H groups in total. The van der Waals surface area contributed by atoms with Gasteiger partial charge in [0.2, 0.25) is 0 Å². The van der Waals surface area contributed by atoms with Crippen LogP contribution in [0, 0.1) is 4.77 Å². The quantitative estimate of drug-likeness (QED) is 0.528. The van der Waals surface area contributed by atoms with Gasteiger partial charge in [-0.2, -0.15) is 0 Å². The second-order valence-corrected chi connectivity index (χ2v) is 3.06. The van der Waals surface area contributed by atoms with E-state index in [1.54, 1.807) is 13.2 Å². The summed E-state index contributed by atoms with van der Waals surface area (Å²) >= 11 is 4.81. The first kappa shape index (κ1) is 9.94. The molecule has 0 fully saturated rings. The van der Waals surface area contributed by atoms with E-state index in [4.69, 9.17) is 17.3 Å². The van der Waals surface area contributed by atoms with Crippen LogP contribution in [0.5, 0.6) is 0 Å². The molecule has 0 radical (unpaired) electrons. The van der Waals surface area contributed by atoms with Gasteiger partial charge in [-0.1, -0.05) is 0 Å². The average molecular weight is 201 g/mol. The highest BCUT2D eigenvalue weighted by atomic mass is 32.1. The lowest BCUT2D eigenvalue weighted by Gasteiger charge is -2.08. The maximum Gasteiger partial charge on any atom is 0.321 e. The number of carbonyl (C=O) groups is 1. The Morgan fingerprint density at radius 3 is 2.92 bits per heavy atom. The van der Waals surface area contributed by atoms with Gasteiger partial charge in [0, 0.05) is 18.3 Å². The molecule has 1 aromatic rings. The second kappa shape index (κ2) is 4.20. The zero-order chi connectivity index (χ0) is 9.84. The number of carboxylic acid groups (broad SMARTS) is 1. The standard InChI is InChI=1S/C7H11N3O2S/c1-8-5(6(11)12)2-4-3-9-7(13)10-4/h3,5,8H,2H2,1H3,(H,11,12)(H2,9,10,13)/t5-/m1/s1. The number of likely N-dealkylation sites (N-methyl/N-ethyl adjacent to an activating group) is 1. The first-order valence-corrected chi connectivity index (χ1v) is 4.21. The highest BCUT2D eigenvalue weighted by Gasteiger charge is 2.15. The van der Waals surface area contributed by atoms with Crippen LogP contribution in [0.15, 0.2) is 6.20 Å². The number of rotatable bonds is 4. The van der Waals surface area contributed by atoms with Gasteiger partial charge >= 0.3 is 5.97 Å². The Balaban J connectivity index is 2.67. The Bertz CT molecular complexity index is 344. The van der Waals surface area contributed by atoms with Gasteiger partial charge in [-0.05, 0) is 19.3 Å². The van der Waals surface area contributed by atoms with E-state index in [1.165, 1.54) is 0 Å². The number of carboxylic acids is 1. The van der Waals surface area contributed by atoms with Gasteiger partial charge in [-0.15, -0.1) is 0 Å². The molecule has 13 heavy (non-hydrogen) atoms. The molecule has 1 atom stereocenters. The van der Waals surface area contributed by atoms with Crippen molar-refractivity contribution < 1.29 is 9.90 Å². The predicted octanol–water partition coefficient (Wildman–Crippen LogP) is 0.287. The van der Waals surface area contributed by atoms with Crippen LogP contribution in [0.4, 0.5) is 0 Å². The lowest BCUT2D eigenvalue weighted by Crippen LogP contribution is -2.35. The molecule has 0 saturated heterocycles. The van der Waals surface area contributed by atoms with Gasteiger partial charge in [0.25, 0.3) is 0 Å². The normalized spacial score (nSPS) is 12.7. The van der Waals surface area contributed by atoms with Crippen LogP contribution in [0.25, 0.3) is 0 Å². The third-order valence-corrected chi connectivity index (χ3v) is 1.94. The summed E-state index contributed by atoms with van der Waals surface area (Å²) in [5.74, 6) is -0.872. The molecular formula is C7H11N3O2S. The van der Waals surface area contributed by atoms with Crippen LogP contribution >= 0.6 is 12.2 Å². The number of hydrogen-bond acceptors (Lipinski definition) is 3. The van der Waals surface area contributed by atoms with Crippen LogP contribution < -0.4 is 5.32 Å². The lowest BCUT2D eigenvalue weighted by molar-refractivity contribution is -0.139. The van der Waals surface area contributed by atoms with Crippen molar-refractivity contribution in [1.82, 2.24) is 15.3 Å². The smallest absolute Gasteiger partial charge is 0.321 e. The second-order valence-electron chi connectivity index (χ2n) is 2.65. The third-order valence-electron chi connectivity index (χ3n) is 1.72. The minimum atomic E-state index is -0.872. The number of aromatic amines is 2. The van der Waals surface area contributed by atoms with Gasteiger partial charge in [0.1, 0.15) is 6.04 Å². The van der Waals surface area contributed by atoms with Gasteiger partial charge in [0.15, 0.2) is 4.77 Å².